The number of Topliss-reactive ketones (excluding diaryl/α,β-unsaturated/α-hetero) is 1. The van der Waals surface area contributed by atoms with E-state index >= 15 is 0 Å². The first-order valence-electron chi connectivity index (χ1n) is 5.72. The summed E-state index contributed by atoms with van der Waals surface area (Å²) in [6, 6.07) is 10.4. The average Bonchev–Trinajstić information content (AvgIpc) is 2.87. The number of carbonyl (C=O) groups is 1. The molecule has 90 valence electrons. The molecule has 4 atom stereocenters. The van der Waals surface area contributed by atoms with Crippen molar-refractivity contribution < 1.29 is 14.3 Å². The first-order valence-corrected chi connectivity index (χ1v) is 7.57. The van der Waals surface area contributed by atoms with E-state index < -0.39 is 0 Å². The molecule has 0 aromatic heterocycles. The van der Waals surface area contributed by atoms with E-state index in [2.05, 4.69) is 24.3 Å². The molecule has 2 aliphatic rings. The normalized spacial score (nSPS) is 35.5. The van der Waals surface area contributed by atoms with Crippen LogP contribution in [0.3, 0.4) is 0 Å². The van der Waals surface area contributed by atoms with Crippen molar-refractivity contribution in [1.29, 1.82) is 0 Å². The van der Waals surface area contributed by atoms with E-state index in [4.69, 9.17) is 9.47 Å². The number of methoxy groups -OCH3 is 1. The van der Waals surface area contributed by atoms with Crippen LogP contribution in [0.5, 0.6) is 0 Å². The van der Waals surface area contributed by atoms with Gasteiger partial charge in [-0.2, -0.15) is 0 Å². The maximum atomic E-state index is 11.6. The zero-order chi connectivity index (χ0) is 11.8. The van der Waals surface area contributed by atoms with Crippen molar-refractivity contribution in [3.63, 3.8) is 0 Å². The Kier molecular flexibility index (Phi) is 3.05. The molecule has 2 aliphatic heterocycles. The monoisotopic (exact) mass is 298 g/mol. The molecule has 1 aromatic rings. The van der Waals surface area contributed by atoms with Crippen molar-refractivity contribution in [2.45, 2.75) is 29.5 Å². The first-order chi connectivity index (χ1) is 8.29. The molecular weight excluding hydrogens is 283 g/mol. The van der Waals surface area contributed by atoms with Crippen molar-refractivity contribution in [3.8, 4) is 0 Å². The van der Waals surface area contributed by atoms with Crippen LogP contribution in [-0.2, 0) is 14.3 Å². The van der Waals surface area contributed by atoms with Crippen molar-refractivity contribution in [2.75, 3.05) is 7.11 Å². The molecular formula is C13H14O3Se. The van der Waals surface area contributed by atoms with Gasteiger partial charge in [-0.1, -0.05) is 0 Å². The van der Waals surface area contributed by atoms with Crippen LogP contribution in [-0.4, -0.2) is 46.2 Å². The van der Waals surface area contributed by atoms with E-state index in [1.807, 2.05) is 6.07 Å². The van der Waals surface area contributed by atoms with Crippen LogP contribution in [0.1, 0.15) is 6.42 Å². The zero-order valence-corrected chi connectivity index (χ0v) is 11.2. The molecule has 0 spiro atoms. The summed E-state index contributed by atoms with van der Waals surface area (Å²) in [7, 11) is 1.68. The van der Waals surface area contributed by atoms with Crippen LogP contribution in [0.4, 0.5) is 0 Å². The molecule has 0 saturated carbocycles. The van der Waals surface area contributed by atoms with Crippen molar-refractivity contribution in [2.24, 2.45) is 0 Å². The Labute approximate surface area is 107 Å². The molecule has 3 nitrogen and oxygen atoms in total. The van der Waals surface area contributed by atoms with Crippen LogP contribution in [0, 0.1) is 0 Å². The Bertz CT molecular complexity index is 420. The molecule has 2 fully saturated rings. The van der Waals surface area contributed by atoms with Gasteiger partial charge in [-0.05, 0) is 0 Å². The van der Waals surface area contributed by atoms with Gasteiger partial charge in [0.15, 0.2) is 0 Å². The second kappa shape index (κ2) is 4.54. The molecule has 3 rings (SSSR count). The van der Waals surface area contributed by atoms with Crippen molar-refractivity contribution in [3.05, 3.63) is 30.3 Å². The third-order valence-corrected chi connectivity index (χ3v) is 6.23. The molecule has 2 heterocycles. The molecule has 1 aromatic carbocycles. The topological polar surface area (TPSA) is 35.5 Å². The Morgan fingerprint density at radius 1 is 1.35 bits per heavy atom. The third-order valence-electron chi connectivity index (χ3n) is 3.32. The maximum absolute atomic E-state index is 11.6. The summed E-state index contributed by atoms with van der Waals surface area (Å²) in [5.41, 5.74) is 0. The molecule has 4 heteroatoms. The zero-order valence-electron chi connectivity index (χ0n) is 9.54. The van der Waals surface area contributed by atoms with Crippen LogP contribution >= 0.6 is 0 Å². The third kappa shape index (κ3) is 1.95. The first kappa shape index (κ1) is 11.4. The van der Waals surface area contributed by atoms with Crippen LogP contribution in [0.2, 0.25) is 4.82 Å². The van der Waals surface area contributed by atoms with E-state index in [-0.39, 0.29) is 24.1 Å². The number of benzene rings is 1. The molecule has 17 heavy (non-hydrogen) atoms. The fourth-order valence-corrected chi connectivity index (χ4v) is 5.31. The standard InChI is InChI=1S/C13H14O3Se/c1-15-12-11-9(14)7-10(16-11)13(12)17-8-5-3-2-4-6-8/h2-6,10-13H,7H2,1H3/t10-,11+,12-,13-/m1/s1. The minimum absolute atomic E-state index is 0.0403. The number of fused-ring (bicyclic) bond motifs is 2. The summed E-state index contributed by atoms with van der Waals surface area (Å²) in [5.74, 6) is 0.210. The fourth-order valence-electron chi connectivity index (χ4n) is 2.52. The molecule has 2 bridgehead atoms. The van der Waals surface area contributed by atoms with Crippen molar-refractivity contribution in [1.82, 2.24) is 0 Å². The van der Waals surface area contributed by atoms with Gasteiger partial charge in [0.1, 0.15) is 0 Å². The molecule has 0 unspecified atom stereocenters. The van der Waals surface area contributed by atoms with Crippen LogP contribution in [0.25, 0.3) is 0 Å². The Morgan fingerprint density at radius 2 is 2.12 bits per heavy atom. The Hall–Kier alpha value is -0.671. The second-order valence-electron chi connectivity index (χ2n) is 4.36. The Morgan fingerprint density at radius 3 is 2.82 bits per heavy atom. The predicted octanol–water partition coefficient (Wildman–Crippen LogP) is 0.560. The van der Waals surface area contributed by atoms with Crippen LogP contribution < -0.4 is 4.46 Å². The van der Waals surface area contributed by atoms with E-state index in [0.717, 1.165) is 0 Å². The van der Waals surface area contributed by atoms with Gasteiger partial charge in [-0.25, -0.2) is 0 Å². The summed E-state index contributed by atoms with van der Waals surface area (Å²) in [4.78, 5) is 12.0. The quantitative estimate of drug-likeness (QED) is 0.765. The summed E-state index contributed by atoms with van der Waals surface area (Å²) in [6.45, 7) is 0. The molecule has 0 amide bonds. The van der Waals surface area contributed by atoms with Gasteiger partial charge in [-0.3, -0.25) is 0 Å². The van der Waals surface area contributed by atoms with Gasteiger partial charge in [-0.15, -0.1) is 0 Å². The number of hydrogen-bond acceptors (Lipinski definition) is 3. The van der Waals surface area contributed by atoms with Gasteiger partial charge < -0.3 is 0 Å². The van der Waals surface area contributed by atoms with Gasteiger partial charge in [0.2, 0.25) is 0 Å². The molecule has 0 radical (unpaired) electrons. The number of rotatable bonds is 3. The van der Waals surface area contributed by atoms with Gasteiger partial charge in [0.25, 0.3) is 0 Å². The summed E-state index contributed by atoms with van der Waals surface area (Å²) < 4.78 is 12.5. The summed E-state index contributed by atoms with van der Waals surface area (Å²) in [6.07, 6.45) is 0.309. The second-order valence-corrected chi connectivity index (χ2v) is 6.99. The van der Waals surface area contributed by atoms with E-state index in [9.17, 15) is 4.79 Å². The molecule has 0 N–H and O–H groups in total. The van der Waals surface area contributed by atoms with E-state index in [1.165, 1.54) is 4.46 Å². The fraction of sp³-hybridized carbons (Fsp3) is 0.462. The number of ether oxygens (including phenoxy) is 2. The molecule has 2 saturated heterocycles. The summed E-state index contributed by atoms with van der Waals surface area (Å²) in [5, 5.41) is 0. The SMILES string of the molecule is CO[C@H]1[C@H]([Se]c2ccccc2)[C@H]2CC(=O)[C@@H]1O2. The Balaban J connectivity index is 1.78. The average molecular weight is 297 g/mol. The minimum atomic E-state index is -0.305. The van der Waals surface area contributed by atoms with E-state index in [1.54, 1.807) is 7.11 Å². The summed E-state index contributed by atoms with van der Waals surface area (Å²) >= 11 is 0.308. The number of carbonyl (C=O) groups excluding carboxylic acids is 1. The molecule has 0 aliphatic carbocycles. The van der Waals surface area contributed by atoms with E-state index in [0.29, 0.717) is 26.2 Å². The predicted molar refractivity (Wildman–Crippen MR) is 64.7 cm³/mol. The number of ketones is 1. The van der Waals surface area contributed by atoms with Crippen LogP contribution in [0.15, 0.2) is 30.3 Å². The van der Waals surface area contributed by atoms with Gasteiger partial charge in [0.05, 0.1) is 0 Å². The number of hydrogen-bond donors (Lipinski definition) is 0. The van der Waals surface area contributed by atoms with Gasteiger partial charge >= 0.3 is 106 Å². The van der Waals surface area contributed by atoms with Crippen molar-refractivity contribution >= 4 is 25.2 Å². The van der Waals surface area contributed by atoms with Gasteiger partial charge in [0, 0.05) is 0 Å².